The molecule has 4 rings (SSSR count). The van der Waals surface area contributed by atoms with Gasteiger partial charge in [-0.25, -0.2) is 13.4 Å². The number of imidazole rings is 1. The van der Waals surface area contributed by atoms with E-state index in [0.29, 0.717) is 17.9 Å². The summed E-state index contributed by atoms with van der Waals surface area (Å²) < 4.78 is 25.5. The Morgan fingerprint density at radius 2 is 1.93 bits per heavy atom. The second-order valence-corrected chi connectivity index (χ2v) is 9.39. The summed E-state index contributed by atoms with van der Waals surface area (Å²) in [7, 11) is -3.27. The zero-order valence-electron chi connectivity index (χ0n) is 16.1. The van der Waals surface area contributed by atoms with Gasteiger partial charge in [0.15, 0.2) is 9.84 Å². The molecule has 0 saturated heterocycles. The van der Waals surface area contributed by atoms with E-state index < -0.39 is 9.84 Å². The van der Waals surface area contributed by atoms with Crippen LogP contribution < -0.4 is 4.90 Å². The highest BCUT2D eigenvalue weighted by Crippen LogP contribution is 2.32. The van der Waals surface area contributed by atoms with Crippen LogP contribution in [0, 0.1) is 0 Å². The van der Waals surface area contributed by atoms with Crippen molar-refractivity contribution in [1.82, 2.24) is 9.55 Å². The van der Waals surface area contributed by atoms with Crippen LogP contribution in [-0.4, -0.2) is 36.7 Å². The largest absolute Gasteiger partial charge is 0.318 e. The van der Waals surface area contributed by atoms with Crippen LogP contribution >= 0.6 is 0 Å². The van der Waals surface area contributed by atoms with Crippen LogP contribution in [0.1, 0.15) is 23.9 Å². The monoisotopic (exact) mass is 397 g/mol. The number of nitrogens with zero attached hydrogens (tertiary/aromatic N) is 3. The molecule has 1 aliphatic rings. The standard InChI is InChI=1S/C21H23N3O3S/c1-3-15-7-6-8-16-11-12-23(21(15)16)20(25)13-24-18-10-5-4-9-17(18)22-19(24)14-28(2,26)27/h4-10H,3,11-14H2,1-2H3. The van der Waals surface area contributed by atoms with Gasteiger partial charge in [-0.2, -0.15) is 0 Å². The molecule has 0 bridgehead atoms. The lowest BCUT2D eigenvalue weighted by Gasteiger charge is -2.21. The Hall–Kier alpha value is -2.67. The normalized spacial score (nSPS) is 13.9. The van der Waals surface area contributed by atoms with Gasteiger partial charge in [-0.1, -0.05) is 37.3 Å². The number of carbonyl (C=O) groups is 1. The summed E-state index contributed by atoms with van der Waals surface area (Å²) in [6.07, 6.45) is 2.89. The van der Waals surface area contributed by atoms with Crippen molar-refractivity contribution in [2.24, 2.45) is 0 Å². The van der Waals surface area contributed by atoms with Gasteiger partial charge in [-0.3, -0.25) is 4.79 Å². The summed E-state index contributed by atoms with van der Waals surface area (Å²) in [4.78, 5) is 19.5. The van der Waals surface area contributed by atoms with E-state index in [9.17, 15) is 13.2 Å². The first-order valence-corrected chi connectivity index (χ1v) is 11.5. The smallest absolute Gasteiger partial charge is 0.247 e. The quantitative estimate of drug-likeness (QED) is 0.664. The van der Waals surface area contributed by atoms with Crippen LogP contribution in [0.25, 0.3) is 11.0 Å². The van der Waals surface area contributed by atoms with Crippen molar-refractivity contribution < 1.29 is 13.2 Å². The van der Waals surface area contributed by atoms with Gasteiger partial charge >= 0.3 is 0 Å². The predicted molar refractivity (Wildman–Crippen MR) is 110 cm³/mol. The predicted octanol–water partition coefficient (Wildman–Crippen LogP) is 2.73. The van der Waals surface area contributed by atoms with Crippen LogP contribution in [0.3, 0.4) is 0 Å². The number of para-hydroxylation sites is 3. The number of rotatable bonds is 5. The van der Waals surface area contributed by atoms with E-state index >= 15 is 0 Å². The summed E-state index contributed by atoms with van der Waals surface area (Å²) in [5.74, 6) is 0.170. The Kier molecular flexibility index (Phi) is 4.71. The second-order valence-electron chi connectivity index (χ2n) is 7.25. The van der Waals surface area contributed by atoms with E-state index in [1.807, 2.05) is 35.2 Å². The molecule has 146 valence electrons. The van der Waals surface area contributed by atoms with Crippen molar-refractivity contribution in [3.05, 3.63) is 59.4 Å². The van der Waals surface area contributed by atoms with Crippen LogP contribution in [0.15, 0.2) is 42.5 Å². The molecule has 0 aliphatic carbocycles. The molecule has 0 N–H and O–H groups in total. The fraction of sp³-hybridized carbons (Fsp3) is 0.333. The van der Waals surface area contributed by atoms with Gasteiger partial charge in [0.25, 0.3) is 0 Å². The van der Waals surface area contributed by atoms with Crippen LogP contribution in [0.2, 0.25) is 0 Å². The molecule has 0 fully saturated rings. The van der Waals surface area contributed by atoms with Gasteiger partial charge in [0.1, 0.15) is 18.1 Å². The third-order valence-electron chi connectivity index (χ3n) is 5.18. The minimum Gasteiger partial charge on any atom is -0.318 e. The molecule has 7 heteroatoms. The van der Waals surface area contributed by atoms with Crippen molar-refractivity contribution in [2.75, 3.05) is 17.7 Å². The van der Waals surface area contributed by atoms with Crippen LogP contribution in [-0.2, 0) is 39.8 Å². The Bertz CT molecular complexity index is 1160. The van der Waals surface area contributed by atoms with Crippen LogP contribution in [0.4, 0.5) is 5.69 Å². The third-order valence-corrected chi connectivity index (χ3v) is 5.96. The van der Waals surface area contributed by atoms with E-state index in [1.165, 1.54) is 11.8 Å². The van der Waals surface area contributed by atoms with Crippen molar-refractivity contribution in [3.63, 3.8) is 0 Å². The number of hydrogen-bond acceptors (Lipinski definition) is 4. The fourth-order valence-electron chi connectivity index (χ4n) is 3.94. The molecule has 6 nitrogen and oxygen atoms in total. The highest BCUT2D eigenvalue weighted by atomic mass is 32.2. The second kappa shape index (κ2) is 7.05. The number of carbonyl (C=O) groups excluding carboxylic acids is 1. The zero-order chi connectivity index (χ0) is 19.9. The molecule has 1 amide bonds. The number of sulfone groups is 1. The first kappa shape index (κ1) is 18.7. The number of aryl methyl sites for hydroxylation is 1. The molecule has 1 aromatic heterocycles. The topological polar surface area (TPSA) is 72.3 Å². The van der Waals surface area contributed by atoms with Gasteiger partial charge < -0.3 is 9.47 Å². The molecule has 1 aliphatic heterocycles. The van der Waals surface area contributed by atoms with E-state index in [-0.39, 0.29) is 18.2 Å². The van der Waals surface area contributed by atoms with Gasteiger partial charge in [-0.05, 0) is 36.1 Å². The Morgan fingerprint density at radius 1 is 1.14 bits per heavy atom. The van der Waals surface area contributed by atoms with Crippen molar-refractivity contribution in [3.8, 4) is 0 Å². The van der Waals surface area contributed by atoms with Gasteiger partial charge in [0.05, 0.1) is 16.7 Å². The Labute approximate surface area is 164 Å². The molecular weight excluding hydrogens is 374 g/mol. The van der Waals surface area contributed by atoms with Gasteiger partial charge in [-0.15, -0.1) is 0 Å². The first-order valence-electron chi connectivity index (χ1n) is 9.40. The Balaban J connectivity index is 1.72. The van der Waals surface area contributed by atoms with Gasteiger partial charge in [0, 0.05) is 12.8 Å². The molecule has 0 spiro atoms. The molecule has 0 unspecified atom stereocenters. The van der Waals surface area contributed by atoms with Crippen LogP contribution in [0.5, 0.6) is 0 Å². The summed E-state index contributed by atoms with van der Waals surface area (Å²) in [6.45, 7) is 2.81. The number of amides is 1. The molecule has 0 atom stereocenters. The summed E-state index contributed by atoms with van der Waals surface area (Å²) in [5.41, 5.74) is 4.85. The molecule has 2 aromatic carbocycles. The highest BCUT2D eigenvalue weighted by molar-refractivity contribution is 7.89. The lowest BCUT2D eigenvalue weighted by atomic mass is 10.1. The maximum absolute atomic E-state index is 13.2. The summed E-state index contributed by atoms with van der Waals surface area (Å²) >= 11 is 0. The third kappa shape index (κ3) is 3.42. The molecule has 2 heterocycles. The molecule has 0 saturated carbocycles. The minimum absolute atomic E-state index is 0.0439. The average molecular weight is 398 g/mol. The van der Waals surface area contributed by atoms with E-state index in [2.05, 4.69) is 24.0 Å². The van der Waals surface area contributed by atoms with E-state index in [1.54, 1.807) is 4.57 Å². The number of hydrogen-bond donors (Lipinski definition) is 0. The summed E-state index contributed by atoms with van der Waals surface area (Å²) in [6, 6.07) is 13.6. The maximum Gasteiger partial charge on any atom is 0.247 e. The van der Waals surface area contributed by atoms with Crippen molar-refractivity contribution in [1.29, 1.82) is 0 Å². The van der Waals surface area contributed by atoms with E-state index in [0.717, 1.165) is 29.6 Å². The zero-order valence-corrected chi connectivity index (χ0v) is 16.9. The number of anilines is 1. The maximum atomic E-state index is 13.2. The van der Waals surface area contributed by atoms with Crippen molar-refractivity contribution in [2.45, 2.75) is 32.1 Å². The molecule has 28 heavy (non-hydrogen) atoms. The lowest BCUT2D eigenvalue weighted by molar-refractivity contribution is -0.119. The molecular formula is C21H23N3O3S. The fourth-order valence-corrected chi connectivity index (χ4v) is 4.63. The lowest BCUT2D eigenvalue weighted by Crippen LogP contribution is -2.33. The highest BCUT2D eigenvalue weighted by Gasteiger charge is 2.28. The van der Waals surface area contributed by atoms with Crippen molar-refractivity contribution >= 4 is 32.5 Å². The molecule has 3 aromatic rings. The number of aromatic nitrogens is 2. The molecule has 0 radical (unpaired) electrons. The number of fused-ring (bicyclic) bond motifs is 2. The average Bonchev–Trinajstić information content (AvgIpc) is 3.22. The number of benzene rings is 2. The summed E-state index contributed by atoms with van der Waals surface area (Å²) in [5, 5.41) is 0. The SMILES string of the molecule is CCc1cccc2c1N(C(=O)Cn1c(CS(C)(=O)=O)nc3ccccc31)CC2. The van der Waals surface area contributed by atoms with Gasteiger partial charge in [0.2, 0.25) is 5.91 Å². The minimum atomic E-state index is -3.27. The Morgan fingerprint density at radius 3 is 2.68 bits per heavy atom. The van der Waals surface area contributed by atoms with E-state index in [4.69, 9.17) is 0 Å². The first-order chi connectivity index (χ1) is 13.4.